The van der Waals surface area contributed by atoms with Gasteiger partial charge in [-0.25, -0.2) is 9.78 Å². The van der Waals surface area contributed by atoms with Crippen molar-refractivity contribution in [3.05, 3.63) is 51.9 Å². The molecule has 3 aromatic rings. The molecule has 0 aliphatic rings. The van der Waals surface area contributed by atoms with E-state index in [-0.39, 0.29) is 5.56 Å². The number of unbranched alkanes of at least 4 members (excludes halogenated alkanes) is 1. The first-order valence-corrected chi connectivity index (χ1v) is 10.6. The highest BCUT2D eigenvalue weighted by molar-refractivity contribution is 7.17. The molecular formula is C22H26N2O3S. The molecule has 0 radical (unpaired) electrons. The normalized spacial score (nSPS) is 12.5. The molecule has 28 heavy (non-hydrogen) atoms. The van der Waals surface area contributed by atoms with Gasteiger partial charge in [0.05, 0.1) is 18.3 Å². The van der Waals surface area contributed by atoms with Crippen LogP contribution in [0.25, 0.3) is 21.3 Å². The van der Waals surface area contributed by atoms with E-state index in [1.165, 1.54) is 27.8 Å². The van der Waals surface area contributed by atoms with Crippen molar-refractivity contribution >= 4 is 27.5 Å². The summed E-state index contributed by atoms with van der Waals surface area (Å²) >= 11 is 1.44. The van der Waals surface area contributed by atoms with Crippen LogP contribution in [-0.4, -0.2) is 22.1 Å². The number of thiophene rings is 1. The molecular weight excluding hydrogens is 372 g/mol. The van der Waals surface area contributed by atoms with Crippen molar-refractivity contribution in [2.75, 3.05) is 6.61 Å². The van der Waals surface area contributed by atoms with E-state index in [4.69, 9.17) is 4.74 Å². The van der Waals surface area contributed by atoms with Crippen LogP contribution in [0.2, 0.25) is 0 Å². The third kappa shape index (κ3) is 4.02. The topological polar surface area (TPSA) is 61.2 Å². The molecule has 3 rings (SSSR count). The molecule has 1 unspecified atom stereocenters. The lowest BCUT2D eigenvalue weighted by molar-refractivity contribution is -0.147. The van der Waals surface area contributed by atoms with Crippen LogP contribution >= 0.6 is 11.3 Å². The van der Waals surface area contributed by atoms with E-state index >= 15 is 0 Å². The molecule has 1 aromatic carbocycles. The lowest BCUT2D eigenvalue weighted by Gasteiger charge is -2.14. The van der Waals surface area contributed by atoms with Gasteiger partial charge >= 0.3 is 5.97 Å². The van der Waals surface area contributed by atoms with Gasteiger partial charge in [0, 0.05) is 10.9 Å². The van der Waals surface area contributed by atoms with Crippen molar-refractivity contribution in [2.24, 2.45) is 0 Å². The quantitative estimate of drug-likeness (QED) is 0.408. The minimum atomic E-state index is -0.711. The second kappa shape index (κ2) is 8.69. The second-order valence-corrected chi connectivity index (χ2v) is 8.12. The maximum Gasteiger partial charge on any atom is 0.328 e. The van der Waals surface area contributed by atoms with E-state index < -0.39 is 12.0 Å². The Morgan fingerprint density at radius 1 is 1.21 bits per heavy atom. The van der Waals surface area contributed by atoms with E-state index in [0.29, 0.717) is 22.7 Å². The number of esters is 1. The fraction of sp³-hybridized carbons (Fsp3) is 0.409. The van der Waals surface area contributed by atoms with Gasteiger partial charge in [-0.2, -0.15) is 0 Å². The molecule has 0 spiro atoms. The zero-order valence-electron chi connectivity index (χ0n) is 16.8. The summed E-state index contributed by atoms with van der Waals surface area (Å²) < 4.78 is 6.64. The standard InChI is InChI=1S/C22H26N2O3S/c1-5-6-11-27-22(26)15(4)24-13-23-20-19(21(24)25)18(12-28-20)17-9-7-16(8-10-17)14(2)3/h7-10,12-15H,5-6,11H2,1-4H3. The summed E-state index contributed by atoms with van der Waals surface area (Å²) in [6.07, 6.45) is 3.20. The van der Waals surface area contributed by atoms with Crippen molar-refractivity contribution < 1.29 is 9.53 Å². The van der Waals surface area contributed by atoms with Gasteiger partial charge in [0.1, 0.15) is 10.9 Å². The van der Waals surface area contributed by atoms with E-state index in [1.807, 2.05) is 24.4 Å². The third-order valence-electron chi connectivity index (χ3n) is 4.91. The first kappa shape index (κ1) is 20.3. The van der Waals surface area contributed by atoms with E-state index in [0.717, 1.165) is 24.0 Å². The molecule has 0 fully saturated rings. The Labute approximate surface area is 169 Å². The molecule has 2 heterocycles. The fourth-order valence-corrected chi connectivity index (χ4v) is 3.94. The molecule has 0 aliphatic heterocycles. The van der Waals surface area contributed by atoms with Crippen molar-refractivity contribution in [1.82, 2.24) is 9.55 Å². The molecule has 2 aromatic heterocycles. The predicted molar refractivity (Wildman–Crippen MR) is 114 cm³/mol. The summed E-state index contributed by atoms with van der Waals surface area (Å²) in [6, 6.07) is 7.54. The van der Waals surface area contributed by atoms with E-state index in [1.54, 1.807) is 6.92 Å². The molecule has 0 bridgehead atoms. The van der Waals surface area contributed by atoms with Crippen molar-refractivity contribution in [1.29, 1.82) is 0 Å². The minimum Gasteiger partial charge on any atom is -0.464 e. The number of nitrogens with zero attached hydrogens (tertiary/aromatic N) is 2. The summed E-state index contributed by atoms with van der Waals surface area (Å²) in [4.78, 5) is 30.5. The molecule has 0 saturated carbocycles. The lowest BCUT2D eigenvalue weighted by Crippen LogP contribution is -2.29. The van der Waals surface area contributed by atoms with E-state index in [2.05, 4.69) is 31.0 Å². The molecule has 5 nitrogen and oxygen atoms in total. The van der Waals surface area contributed by atoms with Gasteiger partial charge in [-0.05, 0) is 30.4 Å². The van der Waals surface area contributed by atoms with Gasteiger partial charge < -0.3 is 4.74 Å². The van der Waals surface area contributed by atoms with Gasteiger partial charge in [0.2, 0.25) is 0 Å². The summed E-state index contributed by atoms with van der Waals surface area (Å²) in [5.74, 6) is 0.0431. The van der Waals surface area contributed by atoms with Crippen molar-refractivity contribution in [2.45, 2.75) is 52.5 Å². The molecule has 0 amide bonds. The molecule has 0 saturated heterocycles. The highest BCUT2D eigenvalue weighted by Crippen LogP contribution is 2.31. The summed E-state index contributed by atoms with van der Waals surface area (Å²) in [6.45, 7) is 8.38. The Hall–Kier alpha value is -2.47. The van der Waals surface area contributed by atoms with Gasteiger partial charge in [-0.1, -0.05) is 51.5 Å². The maximum absolute atomic E-state index is 13.2. The number of hydrogen-bond donors (Lipinski definition) is 0. The number of rotatable bonds is 7. The first-order valence-electron chi connectivity index (χ1n) is 9.69. The Morgan fingerprint density at radius 3 is 2.57 bits per heavy atom. The number of carbonyl (C=O) groups is 1. The van der Waals surface area contributed by atoms with Crippen molar-refractivity contribution in [3.8, 4) is 11.1 Å². The monoisotopic (exact) mass is 398 g/mol. The van der Waals surface area contributed by atoms with Crippen LogP contribution in [0.4, 0.5) is 0 Å². The Kier molecular flexibility index (Phi) is 6.29. The average Bonchev–Trinajstić information content (AvgIpc) is 3.13. The number of ether oxygens (including phenoxy) is 1. The Bertz CT molecular complexity index is 1020. The second-order valence-electron chi connectivity index (χ2n) is 7.26. The molecule has 0 aliphatic carbocycles. The van der Waals surface area contributed by atoms with Crippen LogP contribution in [0.15, 0.2) is 40.8 Å². The zero-order valence-corrected chi connectivity index (χ0v) is 17.6. The van der Waals surface area contributed by atoms with Gasteiger partial charge in [-0.15, -0.1) is 11.3 Å². The van der Waals surface area contributed by atoms with Crippen LogP contribution in [-0.2, 0) is 9.53 Å². The number of hydrogen-bond acceptors (Lipinski definition) is 5. The Balaban J connectivity index is 1.98. The van der Waals surface area contributed by atoms with Crippen LogP contribution in [0, 0.1) is 0 Å². The zero-order chi connectivity index (χ0) is 20.3. The SMILES string of the molecule is CCCCOC(=O)C(C)n1cnc2scc(-c3ccc(C(C)C)cc3)c2c1=O. The molecule has 148 valence electrons. The summed E-state index contributed by atoms with van der Waals surface area (Å²) in [5, 5.41) is 2.51. The smallest absolute Gasteiger partial charge is 0.328 e. The van der Waals surface area contributed by atoms with Gasteiger partial charge in [0.15, 0.2) is 0 Å². The summed E-state index contributed by atoms with van der Waals surface area (Å²) in [7, 11) is 0. The van der Waals surface area contributed by atoms with Crippen LogP contribution in [0.3, 0.4) is 0 Å². The highest BCUT2D eigenvalue weighted by atomic mass is 32.1. The Morgan fingerprint density at radius 2 is 1.93 bits per heavy atom. The molecule has 0 N–H and O–H groups in total. The largest absolute Gasteiger partial charge is 0.464 e. The van der Waals surface area contributed by atoms with Gasteiger partial charge in [-0.3, -0.25) is 9.36 Å². The number of fused-ring (bicyclic) bond motifs is 1. The number of benzene rings is 1. The van der Waals surface area contributed by atoms with Crippen LogP contribution < -0.4 is 5.56 Å². The van der Waals surface area contributed by atoms with Crippen LogP contribution in [0.1, 0.15) is 58.1 Å². The van der Waals surface area contributed by atoms with Crippen molar-refractivity contribution in [3.63, 3.8) is 0 Å². The predicted octanol–water partition coefficient (Wildman–Crippen LogP) is 5.15. The lowest BCUT2D eigenvalue weighted by atomic mass is 9.99. The van der Waals surface area contributed by atoms with Gasteiger partial charge in [0.25, 0.3) is 5.56 Å². The van der Waals surface area contributed by atoms with Crippen LogP contribution in [0.5, 0.6) is 0 Å². The maximum atomic E-state index is 13.2. The minimum absolute atomic E-state index is 0.214. The molecule has 6 heteroatoms. The number of aromatic nitrogens is 2. The van der Waals surface area contributed by atoms with E-state index in [9.17, 15) is 9.59 Å². The third-order valence-corrected chi connectivity index (χ3v) is 5.79. The highest BCUT2D eigenvalue weighted by Gasteiger charge is 2.21. The molecule has 1 atom stereocenters. The fourth-order valence-electron chi connectivity index (χ4n) is 3.03. The first-order chi connectivity index (χ1) is 13.4. The summed E-state index contributed by atoms with van der Waals surface area (Å²) in [5.41, 5.74) is 2.87. The average molecular weight is 399 g/mol. The number of carbonyl (C=O) groups excluding carboxylic acids is 1.